The van der Waals surface area contributed by atoms with Crippen LogP contribution in [-0.2, 0) is 36.6 Å². The van der Waals surface area contributed by atoms with E-state index >= 15 is 0 Å². The molecule has 0 aliphatic carbocycles. The van der Waals surface area contributed by atoms with Gasteiger partial charge in [-0.1, -0.05) is 90.7 Å². The zero-order valence-corrected chi connectivity index (χ0v) is 21.1. The van der Waals surface area contributed by atoms with Gasteiger partial charge in [0.15, 0.2) is 5.75 Å². The van der Waals surface area contributed by atoms with Gasteiger partial charge in [0, 0.05) is 25.6 Å². The molecule has 0 aliphatic rings. The van der Waals surface area contributed by atoms with Crippen LogP contribution in [0.5, 0.6) is 5.75 Å². The minimum atomic E-state index is -2.09. The van der Waals surface area contributed by atoms with E-state index in [2.05, 4.69) is 32.9 Å². The Labute approximate surface area is 188 Å². The quantitative estimate of drug-likeness (QED) is 0.125. The van der Waals surface area contributed by atoms with Gasteiger partial charge in [-0.25, -0.2) is 4.52 Å². The first kappa shape index (κ1) is 27.8. The van der Waals surface area contributed by atoms with Crippen molar-refractivity contribution in [3.63, 3.8) is 0 Å². The summed E-state index contributed by atoms with van der Waals surface area (Å²) in [5.41, 5.74) is 1.32. The predicted octanol–water partition coefficient (Wildman–Crippen LogP) is 8.25. The van der Waals surface area contributed by atoms with Gasteiger partial charge in [-0.15, -0.1) is 4.52 Å². The van der Waals surface area contributed by atoms with Crippen LogP contribution < -0.4 is 4.52 Å². The van der Waals surface area contributed by atoms with Crippen LogP contribution in [0, 0.1) is 5.92 Å². The molecule has 5 heteroatoms. The molecule has 0 bridgehead atoms. The first-order valence-electron chi connectivity index (χ1n) is 11.1. The third-order valence-electron chi connectivity index (χ3n) is 5.13. The van der Waals surface area contributed by atoms with E-state index in [-0.39, 0.29) is 21.1 Å². The molecule has 0 N–H and O–H groups in total. The Morgan fingerprint density at radius 1 is 0.857 bits per heavy atom. The summed E-state index contributed by atoms with van der Waals surface area (Å²) in [6.07, 6.45) is 15.0. The maximum atomic E-state index is 12.0. The summed E-state index contributed by atoms with van der Waals surface area (Å²) >= 11 is 0. The molecule has 28 heavy (non-hydrogen) atoms. The zero-order chi connectivity index (χ0) is 19.7. The third kappa shape index (κ3) is 13.9. The van der Waals surface area contributed by atoms with E-state index in [1.165, 1.54) is 63.4 Å². The number of aryl methyl sites for hydroxylation is 1. The summed E-state index contributed by atoms with van der Waals surface area (Å²) in [7, 11) is -2.09. The molecule has 1 aromatic rings. The Kier molecular flexibility index (Phi) is 18.6. The maximum Gasteiger partial charge on any atom is 0.750 e. The molecule has 2 unspecified atom stereocenters. The second-order valence-corrected chi connectivity index (χ2v) is 8.43. The Bertz CT molecular complexity index is 493. The molecule has 0 radical (unpaired) electrons. The molecule has 3 nitrogen and oxygen atoms in total. The van der Waals surface area contributed by atoms with Gasteiger partial charge in [-0.05, 0) is 42.9 Å². The van der Waals surface area contributed by atoms with Crippen LogP contribution >= 0.6 is 8.25 Å². The topological polar surface area (TPSA) is 35.5 Å². The van der Waals surface area contributed by atoms with E-state index in [0.29, 0.717) is 18.3 Å². The third-order valence-corrected chi connectivity index (χ3v) is 5.85. The zero-order valence-electron chi connectivity index (χ0n) is 18.2. The predicted molar refractivity (Wildman–Crippen MR) is 116 cm³/mol. The summed E-state index contributed by atoms with van der Waals surface area (Å²) in [6, 6.07) is 7.96. The van der Waals surface area contributed by atoms with Crippen LogP contribution in [0.15, 0.2) is 24.3 Å². The standard InChI is InChI=1S/C23H40O3P.Mo/c1-4-7-9-10-11-12-13-15-22-16-18-23(19-17-22)26-27(24)25-20-21(6-3)14-8-5-2;/h16-19,21H,4-15,20H2,1-3H3;/q+1;. The Balaban J connectivity index is 0.00000729. The summed E-state index contributed by atoms with van der Waals surface area (Å²) in [5, 5.41) is 0. The summed E-state index contributed by atoms with van der Waals surface area (Å²) in [4.78, 5) is 0. The van der Waals surface area contributed by atoms with Crippen LogP contribution in [0.25, 0.3) is 0 Å². The van der Waals surface area contributed by atoms with Crippen LogP contribution in [0.3, 0.4) is 0 Å². The van der Waals surface area contributed by atoms with Crippen LogP contribution in [0.4, 0.5) is 0 Å². The van der Waals surface area contributed by atoms with Gasteiger partial charge in [0.05, 0.1) is 0 Å². The Hall–Kier alpha value is -0.232. The fraction of sp³-hybridized carbons (Fsp3) is 0.739. The van der Waals surface area contributed by atoms with Crippen molar-refractivity contribution in [2.45, 2.75) is 97.8 Å². The first-order chi connectivity index (χ1) is 13.2. The molecule has 0 aromatic heterocycles. The Morgan fingerprint density at radius 2 is 1.46 bits per heavy atom. The van der Waals surface area contributed by atoms with Gasteiger partial charge in [-0.2, -0.15) is 0 Å². The number of rotatable bonds is 17. The van der Waals surface area contributed by atoms with E-state index < -0.39 is 8.25 Å². The molecule has 0 aliphatic heterocycles. The van der Waals surface area contributed by atoms with Crippen LogP contribution in [0.2, 0.25) is 0 Å². The van der Waals surface area contributed by atoms with Gasteiger partial charge >= 0.3 is 8.25 Å². The number of unbranched alkanes of at least 4 members (excludes halogenated alkanes) is 7. The van der Waals surface area contributed by atoms with E-state index in [1.807, 2.05) is 12.1 Å². The van der Waals surface area contributed by atoms with Crippen molar-refractivity contribution in [1.82, 2.24) is 0 Å². The monoisotopic (exact) mass is 493 g/mol. The smallest absolute Gasteiger partial charge is 0.229 e. The molecule has 0 amide bonds. The molecule has 0 fully saturated rings. The molecule has 0 saturated carbocycles. The van der Waals surface area contributed by atoms with Crippen molar-refractivity contribution in [1.29, 1.82) is 0 Å². The van der Waals surface area contributed by atoms with Gasteiger partial charge in [-0.3, -0.25) is 0 Å². The summed E-state index contributed by atoms with van der Waals surface area (Å²) in [5.74, 6) is 1.10. The average Bonchev–Trinajstić information content (AvgIpc) is 2.68. The van der Waals surface area contributed by atoms with Crippen LogP contribution in [-0.4, -0.2) is 6.61 Å². The van der Waals surface area contributed by atoms with E-state index in [0.717, 1.165) is 19.3 Å². The van der Waals surface area contributed by atoms with Crippen molar-refractivity contribution in [3.05, 3.63) is 29.8 Å². The van der Waals surface area contributed by atoms with E-state index in [9.17, 15) is 4.57 Å². The molecule has 0 heterocycles. The molecule has 2 atom stereocenters. The molecular formula is C23H40MoO3P+. The van der Waals surface area contributed by atoms with Gasteiger partial charge in [0.25, 0.3) is 0 Å². The molecule has 1 rings (SSSR count). The first-order valence-corrected chi connectivity index (χ1v) is 12.2. The number of hydrogen-bond donors (Lipinski definition) is 0. The van der Waals surface area contributed by atoms with Crippen molar-refractivity contribution in [3.8, 4) is 5.75 Å². The molecule has 0 spiro atoms. The van der Waals surface area contributed by atoms with E-state index in [4.69, 9.17) is 9.05 Å². The normalized spacial score (nSPS) is 12.3. The van der Waals surface area contributed by atoms with Crippen molar-refractivity contribution in [2.24, 2.45) is 5.92 Å². The van der Waals surface area contributed by atoms with Crippen LogP contribution in [0.1, 0.15) is 97.0 Å². The van der Waals surface area contributed by atoms with Gasteiger partial charge in [0.1, 0.15) is 6.61 Å². The molecule has 0 saturated heterocycles. The maximum absolute atomic E-state index is 12.0. The second kappa shape index (κ2) is 18.8. The number of benzene rings is 1. The summed E-state index contributed by atoms with van der Waals surface area (Å²) in [6.45, 7) is 7.11. The minimum absolute atomic E-state index is 0. The molecular weight excluding hydrogens is 451 g/mol. The average molecular weight is 491 g/mol. The fourth-order valence-electron chi connectivity index (χ4n) is 3.18. The summed E-state index contributed by atoms with van der Waals surface area (Å²) < 4.78 is 22.9. The van der Waals surface area contributed by atoms with Gasteiger partial charge < -0.3 is 0 Å². The Morgan fingerprint density at radius 3 is 2.07 bits per heavy atom. The molecule has 160 valence electrons. The van der Waals surface area contributed by atoms with E-state index in [1.54, 1.807) is 0 Å². The second-order valence-electron chi connectivity index (χ2n) is 7.54. The van der Waals surface area contributed by atoms with Crippen molar-refractivity contribution < 1.29 is 34.7 Å². The fourth-order valence-corrected chi connectivity index (χ4v) is 3.86. The van der Waals surface area contributed by atoms with Gasteiger partial charge in [0.2, 0.25) is 0 Å². The SMILES string of the molecule is CCCCCCCCCc1ccc(O[P+](=O)OCC(CC)CCCC)cc1.[Mo]. The largest absolute Gasteiger partial charge is 0.750 e. The van der Waals surface area contributed by atoms with Crippen molar-refractivity contribution >= 4 is 8.25 Å². The number of hydrogen-bond acceptors (Lipinski definition) is 3. The molecule has 1 aromatic carbocycles. The minimum Gasteiger partial charge on any atom is -0.229 e. The van der Waals surface area contributed by atoms with Crippen molar-refractivity contribution in [2.75, 3.05) is 6.61 Å².